The first-order chi connectivity index (χ1) is 16.9. The van der Waals surface area contributed by atoms with Crippen LogP contribution in [0.3, 0.4) is 0 Å². The second-order valence-corrected chi connectivity index (χ2v) is 9.49. The number of carbonyl (C=O) groups is 4. The van der Waals surface area contributed by atoms with Gasteiger partial charge in [0.25, 0.3) is 11.8 Å². The number of imide groups is 1. The standard InChI is InChI=1S/C26H25N5O4/c1-29-11-8-18-19(25(34)30-9-2-3-10-30)13-20(27-23(18)29)15-4-5-17-16(12-15)14-31(26(17)35)21-6-7-22(32)28-24(21)33/h4-5,8,11-13,21H,2-3,6-7,9-10,14H2,1H3,(H,28,32,33). The minimum absolute atomic E-state index is 0.0164. The number of fused-ring (bicyclic) bond motifs is 2. The number of carbonyl (C=O) groups excluding carboxylic acids is 4. The summed E-state index contributed by atoms with van der Waals surface area (Å²) in [5.41, 5.74) is 4.18. The monoisotopic (exact) mass is 471 g/mol. The third-order valence-electron chi connectivity index (χ3n) is 7.28. The molecule has 2 aromatic heterocycles. The fraction of sp³-hybridized carbons (Fsp3) is 0.346. The van der Waals surface area contributed by atoms with Gasteiger partial charge in [-0.15, -0.1) is 0 Å². The van der Waals surface area contributed by atoms with E-state index in [-0.39, 0.29) is 24.1 Å². The normalized spacial score (nSPS) is 20.0. The van der Waals surface area contributed by atoms with Gasteiger partial charge in [-0.3, -0.25) is 24.5 Å². The van der Waals surface area contributed by atoms with Crippen LogP contribution in [0.2, 0.25) is 0 Å². The highest BCUT2D eigenvalue weighted by molar-refractivity contribution is 6.07. The van der Waals surface area contributed by atoms with Crippen molar-refractivity contribution < 1.29 is 19.2 Å². The maximum Gasteiger partial charge on any atom is 0.255 e. The molecule has 0 aliphatic carbocycles. The van der Waals surface area contributed by atoms with Gasteiger partial charge in [0, 0.05) is 55.8 Å². The van der Waals surface area contributed by atoms with Crippen LogP contribution < -0.4 is 5.32 Å². The third kappa shape index (κ3) is 3.50. The maximum absolute atomic E-state index is 13.3. The summed E-state index contributed by atoms with van der Waals surface area (Å²) in [6, 6.07) is 8.64. The molecule has 2 fully saturated rings. The van der Waals surface area contributed by atoms with Crippen LogP contribution in [-0.2, 0) is 23.2 Å². The van der Waals surface area contributed by atoms with E-state index in [9.17, 15) is 19.2 Å². The number of amides is 4. The van der Waals surface area contributed by atoms with Gasteiger partial charge < -0.3 is 14.4 Å². The smallest absolute Gasteiger partial charge is 0.255 e. The summed E-state index contributed by atoms with van der Waals surface area (Å²) in [5.74, 6) is -0.929. The van der Waals surface area contributed by atoms with Crippen molar-refractivity contribution in [2.75, 3.05) is 13.1 Å². The van der Waals surface area contributed by atoms with E-state index in [0.29, 0.717) is 29.8 Å². The molecule has 35 heavy (non-hydrogen) atoms. The number of likely N-dealkylation sites (tertiary alicyclic amines) is 1. The lowest BCUT2D eigenvalue weighted by Crippen LogP contribution is -2.52. The predicted octanol–water partition coefficient (Wildman–Crippen LogP) is 2.24. The average Bonchev–Trinajstić information content (AvgIpc) is 3.58. The van der Waals surface area contributed by atoms with E-state index in [0.717, 1.165) is 48.1 Å². The number of pyridine rings is 1. The minimum Gasteiger partial charge on any atom is -0.339 e. The van der Waals surface area contributed by atoms with Gasteiger partial charge in [-0.25, -0.2) is 4.98 Å². The van der Waals surface area contributed by atoms with Crippen LogP contribution in [0, 0.1) is 0 Å². The van der Waals surface area contributed by atoms with Crippen LogP contribution >= 0.6 is 0 Å². The van der Waals surface area contributed by atoms with Gasteiger partial charge in [-0.2, -0.15) is 0 Å². The number of piperidine rings is 1. The Morgan fingerprint density at radius 1 is 1.09 bits per heavy atom. The van der Waals surface area contributed by atoms with Gasteiger partial charge >= 0.3 is 0 Å². The Bertz CT molecular complexity index is 1420. The van der Waals surface area contributed by atoms with Crippen LogP contribution in [0.15, 0.2) is 36.5 Å². The van der Waals surface area contributed by atoms with E-state index in [4.69, 9.17) is 4.98 Å². The van der Waals surface area contributed by atoms with Gasteiger partial charge in [-0.05, 0) is 49.1 Å². The fourth-order valence-electron chi connectivity index (χ4n) is 5.38. The largest absolute Gasteiger partial charge is 0.339 e. The highest BCUT2D eigenvalue weighted by atomic mass is 16.2. The molecule has 1 atom stereocenters. The molecule has 0 radical (unpaired) electrons. The van der Waals surface area contributed by atoms with Gasteiger partial charge in [-0.1, -0.05) is 6.07 Å². The first kappa shape index (κ1) is 21.5. The van der Waals surface area contributed by atoms with Crippen molar-refractivity contribution in [3.63, 3.8) is 0 Å². The van der Waals surface area contributed by atoms with Crippen LogP contribution in [-0.4, -0.2) is 62.1 Å². The van der Waals surface area contributed by atoms with Crippen LogP contribution in [0.1, 0.15) is 52.0 Å². The van der Waals surface area contributed by atoms with Crippen molar-refractivity contribution in [3.05, 3.63) is 53.2 Å². The second-order valence-electron chi connectivity index (χ2n) is 9.49. The molecular formula is C26H25N5O4. The molecule has 5 heterocycles. The lowest BCUT2D eigenvalue weighted by atomic mass is 10.0. The minimum atomic E-state index is -0.654. The summed E-state index contributed by atoms with van der Waals surface area (Å²) in [4.78, 5) is 58.5. The first-order valence-electron chi connectivity index (χ1n) is 11.9. The van der Waals surface area contributed by atoms with E-state index >= 15 is 0 Å². The molecule has 9 nitrogen and oxygen atoms in total. The van der Waals surface area contributed by atoms with E-state index in [2.05, 4.69) is 5.32 Å². The topological polar surface area (TPSA) is 105 Å². The lowest BCUT2D eigenvalue weighted by molar-refractivity contribution is -0.136. The first-order valence-corrected chi connectivity index (χ1v) is 11.9. The molecule has 1 aromatic carbocycles. The number of hydrogen-bond donors (Lipinski definition) is 1. The number of nitrogens with one attached hydrogen (secondary N) is 1. The summed E-state index contributed by atoms with van der Waals surface area (Å²) >= 11 is 0. The number of rotatable bonds is 3. The Morgan fingerprint density at radius 2 is 1.89 bits per heavy atom. The summed E-state index contributed by atoms with van der Waals surface area (Å²) in [7, 11) is 1.91. The van der Waals surface area contributed by atoms with Crippen LogP contribution in [0.25, 0.3) is 22.3 Å². The van der Waals surface area contributed by atoms with Crippen molar-refractivity contribution in [2.45, 2.75) is 38.3 Å². The van der Waals surface area contributed by atoms with Crippen molar-refractivity contribution in [1.82, 2.24) is 24.7 Å². The quantitative estimate of drug-likeness (QED) is 0.590. The van der Waals surface area contributed by atoms with Crippen molar-refractivity contribution >= 4 is 34.7 Å². The Morgan fingerprint density at radius 3 is 2.66 bits per heavy atom. The van der Waals surface area contributed by atoms with E-state index < -0.39 is 11.9 Å². The molecule has 0 spiro atoms. The Labute approximate surface area is 201 Å². The molecule has 3 aromatic rings. The zero-order valence-electron chi connectivity index (χ0n) is 19.4. The van der Waals surface area contributed by atoms with Gasteiger partial charge in [0.05, 0.1) is 11.3 Å². The number of aromatic nitrogens is 2. The zero-order valence-corrected chi connectivity index (χ0v) is 19.4. The molecule has 3 aliphatic rings. The number of benzene rings is 1. The van der Waals surface area contributed by atoms with Crippen LogP contribution in [0.4, 0.5) is 0 Å². The van der Waals surface area contributed by atoms with E-state index in [1.165, 1.54) is 4.90 Å². The maximum atomic E-state index is 13.3. The number of hydrogen-bond acceptors (Lipinski definition) is 5. The fourth-order valence-corrected chi connectivity index (χ4v) is 5.38. The Kier molecular flexibility index (Phi) is 4.94. The molecule has 178 valence electrons. The molecule has 1 N–H and O–H groups in total. The summed E-state index contributed by atoms with van der Waals surface area (Å²) in [5, 5.41) is 3.16. The molecule has 9 heteroatoms. The molecule has 0 saturated carbocycles. The summed E-state index contributed by atoms with van der Waals surface area (Å²) in [6.45, 7) is 1.82. The molecule has 2 saturated heterocycles. The Balaban J connectivity index is 1.37. The predicted molar refractivity (Wildman–Crippen MR) is 127 cm³/mol. The molecular weight excluding hydrogens is 446 g/mol. The van der Waals surface area contributed by atoms with Gasteiger partial charge in [0.1, 0.15) is 11.7 Å². The van der Waals surface area contributed by atoms with Gasteiger partial charge in [0.15, 0.2) is 0 Å². The highest BCUT2D eigenvalue weighted by Gasteiger charge is 2.39. The number of aryl methyl sites for hydroxylation is 1. The molecule has 3 aliphatic heterocycles. The summed E-state index contributed by atoms with van der Waals surface area (Å²) < 4.78 is 1.90. The third-order valence-corrected chi connectivity index (χ3v) is 7.28. The zero-order chi connectivity index (χ0) is 24.3. The van der Waals surface area contributed by atoms with Crippen molar-refractivity contribution in [1.29, 1.82) is 0 Å². The summed E-state index contributed by atoms with van der Waals surface area (Å²) in [6.07, 6.45) is 4.48. The lowest BCUT2D eigenvalue weighted by Gasteiger charge is -2.29. The second kappa shape index (κ2) is 8.04. The van der Waals surface area contributed by atoms with Gasteiger partial charge in [0.2, 0.25) is 11.8 Å². The number of nitrogens with zero attached hydrogens (tertiary/aromatic N) is 4. The Hall–Kier alpha value is -4.01. The van der Waals surface area contributed by atoms with Crippen molar-refractivity contribution in [3.8, 4) is 11.3 Å². The molecule has 4 amide bonds. The molecule has 0 bridgehead atoms. The average molecular weight is 472 g/mol. The molecule has 6 rings (SSSR count). The van der Waals surface area contributed by atoms with Crippen LogP contribution in [0.5, 0.6) is 0 Å². The van der Waals surface area contributed by atoms with Crippen molar-refractivity contribution in [2.24, 2.45) is 7.05 Å². The SMILES string of the molecule is Cn1ccc2c(C(=O)N3CCCC3)cc(-c3ccc4c(c3)CN(C3CCC(=O)NC3=O)C4=O)nc21. The highest BCUT2D eigenvalue weighted by Crippen LogP contribution is 2.32. The van der Waals surface area contributed by atoms with E-state index in [1.54, 1.807) is 6.07 Å². The van der Waals surface area contributed by atoms with E-state index in [1.807, 2.05) is 47.0 Å². The molecule has 1 unspecified atom stereocenters.